The predicted octanol–water partition coefficient (Wildman–Crippen LogP) is 3.14. The fraction of sp³-hybridized carbons (Fsp3) is 0.500. The first-order chi connectivity index (χ1) is 6.53. The molecule has 0 spiro atoms. The van der Waals surface area contributed by atoms with Crippen LogP contribution >= 0.6 is 0 Å². The summed E-state index contributed by atoms with van der Waals surface area (Å²) in [7, 11) is 0. The molecule has 1 N–H and O–H groups in total. The van der Waals surface area contributed by atoms with Gasteiger partial charge < -0.3 is 5.11 Å². The summed E-state index contributed by atoms with van der Waals surface area (Å²) in [5, 5.41) is 10.2. The molecule has 1 nitrogen and oxygen atoms in total. The van der Waals surface area contributed by atoms with Gasteiger partial charge in [0.15, 0.2) is 0 Å². The van der Waals surface area contributed by atoms with Crippen LogP contribution < -0.4 is 0 Å². The first kappa shape index (κ1) is 11.2. The maximum absolute atomic E-state index is 13.5. The Morgan fingerprint density at radius 1 is 1.29 bits per heavy atom. The number of aryl methyl sites for hydroxylation is 1. The van der Waals surface area contributed by atoms with E-state index in [9.17, 15) is 9.50 Å². The molecule has 0 saturated carbocycles. The van der Waals surface area contributed by atoms with Crippen LogP contribution in [0.1, 0.15) is 37.8 Å². The SMILES string of the molecule is CCC(O)(CC)c1cc(C)ccc1F. The molecule has 0 aromatic heterocycles. The van der Waals surface area contributed by atoms with Crippen LogP contribution in [0.15, 0.2) is 18.2 Å². The molecule has 2 heteroatoms. The standard InChI is InChI=1S/C12H17FO/c1-4-12(14,5-2)10-8-9(3)6-7-11(10)13/h6-8,14H,4-5H2,1-3H3. The molecule has 0 saturated heterocycles. The monoisotopic (exact) mass is 196 g/mol. The van der Waals surface area contributed by atoms with Crippen LogP contribution in [0, 0.1) is 12.7 Å². The molecule has 1 aromatic carbocycles. The van der Waals surface area contributed by atoms with E-state index in [0.29, 0.717) is 18.4 Å². The molecule has 0 fully saturated rings. The van der Waals surface area contributed by atoms with Gasteiger partial charge in [-0.1, -0.05) is 31.5 Å². The summed E-state index contributed by atoms with van der Waals surface area (Å²) >= 11 is 0. The topological polar surface area (TPSA) is 20.2 Å². The third kappa shape index (κ3) is 1.95. The number of aliphatic hydroxyl groups is 1. The molecule has 0 atom stereocenters. The fourth-order valence-electron chi connectivity index (χ4n) is 1.63. The molecule has 0 aliphatic carbocycles. The summed E-state index contributed by atoms with van der Waals surface area (Å²) in [5.74, 6) is -0.318. The Morgan fingerprint density at radius 3 is 2.36 bits per heavy atom. The van der Waals surface area contributed by atoms with Gasteiger partial charge in [0.1, 0.15) is 5.82 Å². The van der Waals surface area contributed by atoms with E-state index >= 15 is 0 Å². The molecule has 0 heterocycles. The highest BCUT2D eigenvalue weighted by atomic mass is 19.1. The summed E-state index contributed by atoms with van der Waals surface area (Å²) in [6.07, 6.45) is 1.06. The van der Waals surface area contributed by atoms with Crippen molar-refractivity contribution in [1.29, 1.82) is 0 Å². The predicted molar refractivity (Wildman–Crippen MR) is 55.6 cm³/mol. The zero-order chi connectivity index (χ0) is 10.8. The Labute approximate surface area is 84.6 Å². The van der Waals surface area contributed by atoms with Crippen LogP contribution in [0.2, 0.25) is 0 Å². The van der Waals surface area contributed by atoms with Crippen LogP contribution in [0.5, 0.6) is 0 Å². The molecule has 0 radical (unpaired) electrons. The Hall–Kier alpha value is -0.890. The van der Waals surface area contributed by atoms with Crippen LogP contribution in [0.3, 0.4) is 0 Å². The molecule has 0 amide bonds. The number of hydrogen-bond acceptors (Lipinski definition) is 1. The van der Waals surface area contributed by atoms with Gasteiger partial charge in [0.25, 0.3) is 0 Å². The fourth-order valence-corrected chi connectivity index (χ4v) is 1.63. The summed E-state index contributed by atoms with van der Waals surface area (Å²) in [6, 6.07) is 4.86. The maximum Gasteiger partial charge on any atom is 0.129 e. The quantitative estimate of drug-likeness (QED) is 0.787. The van der Waals surface area contributed by atoms with Gasteiger partial charge in [-0.3, -0.25) is 0 Å². The number of halogens is 1. The van der Waals surface area contributed by atoms with Crippen molar-refractivity contribution in [3.05, 3.63) is 35.1 Å². The second-order valence-corrected chi connectivity index (χ2v) is 3.72. The minimum absolute atomic E-state index is 0.318. The van der Waals surface area contributed by atoms with Crippen LogP contribution in [0.25, 0.3) is 0 Å². The minimum atomic E-state index is -1.02. The van der Waals surface area contributed by atoms with Crippen molar-refractivity contribution in [3.63, 3.8) is 0 Å². The molecule has 0 aliphatic heterocycles. The zero-order valence-electron chi connectivity index (χ0n) is 8.97. The third-order valence-electron chi connectivity index (χ3n) is 2.79. The average molecular weight is 196 g/mol. The molecule has 0 bridgehead atoms. The number of benzene rings is 1. The van der Waals surface area contributed by atoms with Crippen molar-refractivity contribution in [2.75, 3.05) is 0 Å². The Balaban J connectivity index is 3.22. The van der Waals surface area contributed by atoms with Crippen molar-refractivity contribution in [2.24, 2.45) is 0 Å². The molecule has 1 aromatic rings. The van der Waals surface area contributed by atoms with Gasteiger partial charge in [-0.25, -0.2) is 4.39 Å². The molecule has 1 rings (SSSR count). The second-order valence-electron chi connectivity index (χ2n) is 3.72. The number of rotatable bonds is 3. The van der Waals surface area contributed by atoms with Gasteiger partial charge >= 0.3 is 0 Å². The van der Waals surface area contributed by atoms with Gasteiger partial charge in [-0.05, 0) is 25.8 Å². The van der Waals surface area contributed by atoms with Gasteiger partial charge in [-0.2, -0.15) is 0 Å². The zero-order valence-corrected chi connectivity index (χ0v) is 8.97. The van der Waals surface area contributed by atoms with E-state index in [1.54, 1.807) is 12.1 Å². The van der Waals surface area contributed by atoms with E-state index in [1.165, 1.54) is 6.07 Å². The van der Waals surface area contributed by atoms with E-state index < -0.39 is 5.60 Å². The van der Waals surface area contributed by atoms with Crippen LogP contribution in [-0.4, -0.2) is 5.11 Å². The van der Waals surface area contributed by atoms with E-state index in [2.05, 4.69) is 0 Å². The maximum atomic E-state index is 13.5. The minimum Gasteiger partial charge on any atom is -0.385 e. The average Bonchev–Trinajstić information content (AvgIpc) is 2.20. The second kappa shape index (κ2) is 4.09. The lowest BCUT2D eigenvalue weighted by Gasteiger charge is -2.26. The Bertz CT molecular complexity index is 316. The highest BCUT2D eigenvalue weighted by molar-refractivity contribution is 5.29. The van der Waals surface area contributed by atoms with Crippen molar-refractivity contribution >= 4 is 0 Å². The van der Waals surface area contributed by atoms with E-state index in [1.807, 2.05) is 20.8 Å². The smallest absolute Gasteiger partial charge is 0.129 e. The third-order valence-corrected chi connectivity index (χ3v) is 2.79. The lowest BCUT2D eigenvalue weighted by molar-refractivity contribution is 0.0248. The van der Waals surface area contributed by atoms with Gasteiger partial charge in [-0.15, -0.1) is 0 Å². The highest BCUT2D eigenvalue weighted by Gasteiger charge is 2.27. The molecular weight excluding hydrogens is 179 g/mol. The van der Waals surface area contributed by atoms with Crippen molar-refractivity contribution in [2.45, 2.75) is 39.2 Å². The van der Waals surface area contributed by atoms with E-state index in [4.69, 9.17) is 0 Å². The van der Waals surface area contributed by atoms with Crippen LogP contribution in [-0.2, 0) is 5.60 Å². The van der Waals surface area contributed by atoms with Gasteiger partial charge in [0.05, 0.1) is 5.60 Å². The summed E-state index contributed by atoms with van der Waals surface area (Å²) < 4.78 is 13.5. The largest absolute Gasteiger partial charge is 0.385 e. The van der Waals surface area contributed by atoms with Crippen molar-refractivity contribution in [3.8, 4) is 0 Å². The first-order valence-electron chi connectivity index (χ1n) is 5.02. The molecule has 0 unspecified atom stereocenters. The van der Waals surface area contributed by atoms with Gasteiger partial charge in [0.2, 0.25) is 0 Å². The normalized spacial score (nSPS) is 11.8. The van der Waals surface area contributed by atoms with Gasteiger partial charge in [0, 0.05) is 5.56 Å². The van der Waals surface area contributed by atoms with Crippen molar-refractivity contribution < 1.29 is 9.50 Å². The summed E-state index contributed by atoms with van der Waals surface area (Å²) in [5.41, 5.74) is 0.375. The van der Waals surface area contributed by atoms with Crippen molar-refractivity contribution in [1.82, 2.24) is 0 Å². The lowest BCUT2D eigenvalue weighted by Crippen LogP contribution is -2.25. The van der Waals surface area contributed by atoms with E-state index in [0.717, 1.165) is 5.56 Å². The molecule has 14 heavy (non-hydrogen) atoms. The molecular formula is C12H17FO. The number of hydrogen-bond donors (Lipinski definition) is 1. The summed E-state index contributed by atoms with van der Waals surface area (Å²) in [6.45, 7) is 5.63. The Morgan fingerprint density at radius 2 is 1.86 bits per heavy atom. The first-order valence-corrected chi connectivity index (χ1v) is 5.02. The Kier molecular flexibility index (Phi) is 3.27. The van der Waals surface area contributed by atoms with E-state index in [-0.39, 0.29) is 5.82 Å². The molecule has 78 valence electrons. The summed E-state index contributed by atoms with van der Waals surface area (Å²) in [4.78, 5) is 0. The molecule has 0 aliphatic rings. The lowest BCUT2D eigenvalue weighted by atomic mass is 9.87. The highest BCUT2D eigenvalue weighted by Crippen LogP contribution is 2.30. The van der Waals surface area contributed by atoms with Crippen LogP contribution in [0.4, 0.5) is 4.39 Å².